The number of hydrogen-bond donors (Lipinski definition) is 2. The number of para-hydroxylation sites is 1. The van der Waals surface area contributed by atoms with Crippen LogP contribution >= 0.6 is 24.8 Å². The zero-order chi connectivity index (χ0) is 17.6. The van der Waals surface area contributed by atoms with Crippen LogP contribution in [-0.4, -0.2) is 32.2 Å². The van der Waals surface area contributed by atoms with Crippen LogP contribution in [0.25, 0.3) is 0 Å². The molecular weight excluding hydrogens is 385 g/mol. The lowest BCUT2D eigenvalue weighted by atomic mass is 10.1. The summed E-state index contributed by atoms with van der Waals surface area (Å²) in [6.07, 6.45) is 1.13. The third kappa shape index (κ3) is 6.11. The summed E-state index contributed by atoms with van der Waals surface area (Å²) in [5, 5.41) is 2.89. The maximum atomic E-state index is 12.0. The monoisotopic (exact) mass is 411 g/mol. The summed E-state index contributed by atoms with van der Waals surface area (Å²) in [5.41, 5.74) is 10.3. The zero-order valence-electron chi connectivity index (χ0n) is 15.4. The van der Waals surface area contributed by atoms with Crippen molar-refractivity contribution in [2.24, 2.45) is 5.73 Å². The fraction of sp³-hybridized carbons (Fsp3) is 0.350. The highest BCUT2D eigenvalue weighted by molar-refractivity contribution is 5.91. The normalized spacial score (nSPS) is 13.2. The van der Waals surface area contributed by atoms with Gasteiger partial charge in [0, 0.05) is 38.1 Å². The zero-order valence-corrected chi connectivity index (χ0v) is 17.0. The lowest BCUT2D eigenvalue weighted by Gasteiger charge is -2.19. The summed E-state index contributed by atoms with van der Waals surface area (Å²) >= 11 is 0. The molecule has 1 amide bonds. The predicted octanol–water partition coefficient (Wildman–Crippen LogP) is 3.40. The molecule has 0 spiro atoms. The Morgan fingerprint density at radius 3 is 2.56 bits per heavy atom. The number of nitrogens with one attached hydrogen (secondary N) is 1. The Morgan fingerprint density at radius 1 is 1.19 bits per heavy atom. The van der Waals surface area contributed by atoms with E-state index in [0.29, 0.717) is 6.54 Å². The highest BCUT2D eigenvalue weighted by Gasteiger charge is 2.18. The number of benzene rings is 2. The number of ether oxygens (including phenoxy) is 1. The van der Waals surface area contributed by atoms with E-state index in [-0.39, 0.29) is 43.2 Å². The van der Waals surface area contributed by atoms with Gasteiger partial charge in [-0.2, -0.15) is 0 Å². The molecule has 1 unspecified atom stereocenters. The van der Waals surface area contributed by atoms with E-state index in [4.69, 9.17) is 10.5 Å². The minimum absolute atomic E-state index is 0. The Bertz CT molecular complexity index is 721. The van der Waals surface area contributed by atoms with Crippen LogP contribution in [-0.2, 0) is 22.5 Å². The van der Waals surface area contributed by atoms with Gasteiger partial charge in [-0.15, -0.1) is 24.8 Å². The number of anilines is 2. The lowest BCUT2D eigenvalue weighted by Crippen LogP contribution is -2.28. The van der Waals surface area contributed by atoms with Gasteiger partial charge in [0.2, 0.25) is 5.91 Å². The van der Waals surface area contributed by atoms with Crippen molar-refractivity contribution in [2.75, 3.05) is 30.4 Å². The van der Waals surface area contributed by atoms with Gasteiger partial charge in [-0.25, -0.2) is 0 Å². The third-order valence-corrected chi connectivity index (χ3v) is 4.60. The number of fused-ring (bicyclic) bond motifs is 1. The predicted molar refractivity (Wildman–Crippen MR) is 115 cm³/mol. The minimum atomic E-state index is -0.241. The van der Waals surface area contributed by atoms with E-state index in [1.807, 2.05) is 12.1 Å². The number of nitrogens with zero attached hydrogens (tertiary/aromatic N) is 1. The molecule has 0 aromatic heterocycles. The fourth-order valence-corrected chi connectivity index (χ4v) is 3.17. The molecule has 3 N–H and O–H groups in total. The summed E-state index contributed by atoms with van der Waals surface area (Å²) in [7, 11) is 1.57. The summed E-state index contributed by atoms with van der Waals surface area (Å²) in [6, 6.07) is 16.6. The molecule has 1 aliphatic rings. The van der Waals surface area contributed by atoms with Crippen LogP contribution in [0.4, 0.5) is 11.4 Å². The van der Waals surface area contributed by atoms with Crippen molar-refractivity contribution >= 4 is 42.1 Å². The van der Waals surface area contributed by atoms with E-state index < -0.39 is 0 Å². The van der Waals surface area contributed by atoms with E-state index in [2.05, 4.69) is 46.6 Å². The fourth-order valence-electron chi connectivity index (χ4n) is 3.17. The molecule has 0 aliphatic carbocycles. The van der Waals surface area contributed by atoms with Crippen LogP contribution in [0.3, 0.4) is 0 Å². The number of hydrogen-bond acceptors (Lipinski definition) is 4. The van der Waals surface area contributed by atoms with Crippen molar-refractivity contribution in [3.05, 3.63) is 59.7 Å². The molecule has 148 valence electrons. The second-order valence-corrected chi connectivity index (χ2v) is 6.34. The van der Waals surface area contributed by atoms with Gasteiger partial charge in [-0.1, -0.05) is 30.3 Å². The summed E-state index contributed by atoms with van der Waals surface area (Å²) < 4.78 is 5.14. The number of methoxy groups -OCH3 is 1. The maximum absolute atomic E-state index is 12.0. The molecule has 27 heavy (non-hydrogen) atoms. The van der Waals surface area contributed by atoms with Crippen molar-refractivity contribution < 1.29 is 9.53 Å². The summed E-state index contributed by atoms with van der Waals surface area (Å²) in [6.45, 7) is 2.26. The van der Waals surface area contributed by atoms with Gasteiger partial charge in [0.15, 0.2) is 0 Å². The molecule has 2 aromatic carbocycles. The third-order valence-electron chi connectivity index (χ3n) is 4.60. The van der Waals surface area contributed by atoms with Crippen molar-refractivity contribution in [3.63, 3.8) is 0 Å². The van der Waals surface area contributed by atoms with Gasteiger partial charge in [-0.3, -0.25) is 4.79 Å². The molecule has 2 aromatic rings. The number of carbonyl (C=O) groups excluding carboxylic acids is 1. The van der Waals surface area contributed by atoms with E-state index in [1.54, 1.807) is 7.11 Å². The summed E-state index contributed by atoms with van der Waals surface area (Å²) in [5.74, 6) is -0.0847. The Morgan fingerprint density at radius 2 is 1.89 bits per heavy atom. The Hall–Kier alpha value is -1.79. The van der Waals surface area contributed by atoms with Gasteiger partial charge in [0.25, 0.3) is 0 Å². The van der Waals surface area contributed by atoms with Crippen LogP contribution in [0, 0.1) is 0 Å². The maximum Gasteiger partial charge on any atom is 0.227 e. The highest BCUT2D eigenvalue weighted by Crippen LogP contribution is 2.28. The average molecular weight is 412 g/mol. The van der Waals surface area contributed by atoms with Crippen LogP contribution < -0.4 is 16.0 Å². The van der Waals surface area contributed by atoms with Crippen LogP contribution in [0.2, 0.25) is 0 Å². The standard InChI is InChI=1S/C20H25N3O2.2ClH/c1-25-18(13-21)12-20(24)22-17-8-6-15(7-9-17)14-23-11-10-16-4-2-3-5-19(16)23;;/h2-9,18H,10-14,21H2,1H3,(H,22,24);2*1H. The van der Waals surface area contributed by atoms with E-state index in [1.165, 1.54) is 16.8 Å². The number of carbonyl (C=O) groups is 1. The molecule has 5 nitrogen and oxygen atoms in total. The van der Waals surface area contributed by atoms with Crippen molar-refractivity contribution in [3.8, 4) is 0 Å². The number of amides is 1. The second-order valence-electron chi connectivity index (χ2n) is 6.34. The van der Waals surface area contributed by atoms with Crippen molar-refractivity contribution in [1.29, 1.82) is 0 Å². The van der Waals surface area contributed by atoms with Gasteiger partial charge in [0.05, 0.1) is 12.5 Å². The Balaban J connectivity index is 0.00000182. The minimum Gasteiger partial charge on any atom is -0.380 e. The van der Waals surface area contributed by atoms with Gasteiger partial charge >= 0.3 is 0 Å². The first-order chi connectivity index (χ1) is 12.2. The molecule has 0 bridgehead atoms. The smallest absolute Gasteiger partial charge is 0.227 e. The first-order valence-corrected chi connectivity index (χ1v) is 8.64. The topological polar surface area (TPSA) is 67.6 Å². The van der Waals surface area contributed by atoms with Crippen LogP contribution in [0.1, 0.15) is 17.5 Å². The number of rotatable bonds is 7. The molecule has 1 atom stereocenters. The quantitative estimate of drug-likeness (QED) is 0.732. The molecule has 1 aliphatic heterocycles. The molecule has 0 saturated carbocycles. The molecule has 7 heteroatoms. The molecule has 0 saturated heterocycles. The number of nitrogens with two attached hydrogens (primary N) is 1. The van der Waals surface area contributed by atoms with Crippen LogP contribution in [0.15, 0.2) is 48.5 Å². The van der Waals surface area contributed by atoms with Crippen molar-refractivity contribution in [2.45, 2.75) is 25.5 Å². The lowest BCUT2D eigenvalue weighted by molar-refractivity contribution is -0.118. The Labute approximate surface area is 173 Å². The second kappa shape index (κ2) is 11.1. The first kappa shape index (κ1) is 23.2. The molecule has 0 fully saturated rings. The molecular formula is C20H27Cl2N3O2. The van der Waals surface area contributed by atoms with Crippen molar-refractivity contribution in [1.82, 2.24) is 0 Å². The summed E-state index contributed by atoms with van der Waals surface area (Å²) in [4.78, 5) is 14.4. The molecule has 0 radical (unpaired) electrons. The largest absolute Gasteiger partial charge is 0.380 e. The Kier molecular flexibility index (Phi) is 9.60. The van der Waals surface area contributed by atoms with Crippen LogP contribution in [0.5, 0.6) is 0 Å². The molecule has 3 rings (SSSR count). The highest BCUT2D eigenvalue weighted by atomic mass is 35.5. The van der Waals surface area contributed by atoms with E-state index in [0.717, 1.165) is 25.2 Å². The van der Waals surface area contributed by atoms with E-state index in [9.17, 15) is 4.79 Å². The van der Waals surface area contributed by atoms with Gasteiger partial charge < -0.3 is 20.7 Å². The average Bonchev–Trinajstić information content (AvgIpc) is 3.04. The SMILES string of the molecule is COC(CN)CC(=O)Nc1ccc(CN2CCc3ccccc32)cc1.Cl.Cl. The van der Waals surface area contributed by atoms with E-state index >= 15 is 0 Å². The molecule has 1 heterocycles. The number of halogens is 2. The van der Waals surface area contributed by atoms with Gasteiger partial charge in [0.1, 0.15) is 0 Å². The van der Waals surface area contributed by atoms with Gasteiger partial charge in [-0.05, 0) is 35.7 Å². The first-order valence-electron chi connectivity index (χ1n) is 8.64.